The zero-order chi connectivity index (χ0) is 17.1. The molecule has 0 saturated carbocycles. The van der Waals surface area contributed by atoms with Gasteiger partial charge in [-0.1, -0.05) is 35.3 Å². The lowest BCUT2D eigenvalue weighted by molar-refractivity contribution is 0.102. The van der Waals surface area contributed by atoms with Crippen molar-refractivity contribution in [3.8, 4) is 0 Å². The number of rotatable bonds is 5. The molecule has 2 heterocycles. The maximum atomic E-state index is 12.4. The van der Waals surface area contributed by atoms with Gasteiger partial charge in [0.1, 0.15) is 5.82 Å². The second kappa shape index (κ2) is 6.96. The molecule has 7 nitrogen and oxygen atoms in total. The fourth-order valence-electron chi connectivity index (χ4n) is 2.28. The first-order valence-electron chi connectivity index (χ1n) is 7.62. The fourth-order valence-corrected chi connectivity index (χ4v) is 2.68. The predicted octanol–water partition coefficient (Wildman–Crippen LogP) is 2.78. The summed E-state index contributed by atoms with van der Waals surface area (Å²) in [6.07, 6.45) is 2.71. The van der Waals surface area contributed by atoms with Gasteiger partial charge in [-0.3, -0.25) is 14.6 Å². The second-order valence-electron chi connectivity index (χ2n) is 5.35. The van der Waals surface area contributed by atoms with E-state index in [1.54, 1.807) is 18.2 Å². The summed E-state index contributed by atoms with van der Waals surface area (Å²) in [5.74, 6) is 0.914. The molecule has 1 amide bonds. The van der Waals surface area contributed by atoms with Crippen molar-refractivity contribution in [1.29, 1.82) is 0 Å². The van der Waals surface area contributed by atoms with Gasteiger partial charge in [-0.2, -0.15) is 9.50 Å². The smallest absolute Gasteiger partial charge is 0.256 e. The molecule has 2 aromatic heterocycles. The van der Waals surface area contributed by atoms with Gasteiger partial charge in [0.25, 0.3) is 11.5 Å². The maximum absolute atomic E-state index is 12.4. The molecule has 0 atom stereocenters. The zero-order valence-corrected chi connectivity index (χ0v) is 14.6. The molecular formula is C16H16BrN5O2. The number of hydrogen-bond donors (Lipinski definition) is 2. The SMILES string of the molecule is CCCCc1nc2[nH]c(=O)cc(NC(=O)c3cccc(Br)c3)n2n1. The average Bonchev–Trinajstić information content (AvgIpc) is 2.95. The molecule has 24 heavy (non-hydrogen) atoms. The van der Waals surface area contributed by atoms with E-state index < -0.39 is 0 Å². The number of H-pyrrole nitrogens is 1. The van der Waals surface area contributed by atoms with Crippen LogP contribution in [0.15, 0.2) is 39.6 Å². The Bertz CT molecular complexity index is 947. The van der Waals surface area contributed by atoms with Crippen molar-refractivity contribution >= 4 is 33.4 Å². The number of carbonyl (C=O) groups excluding carboxylic acids is 1. The van der Waals surface area contributed by atoms with Crippen LogP contribution >= 0.6 is 15.9 Å². The van der Waals surface area contributed by atoms with Crippen molar-refractivity contribution in [2.75, 3.05) is 5.32 Å². The minimum Gasteiger partial charge on any atom is -0.306 e. The predicted molar refractivity (Wildman–Crippen MR) is 94.3 cm³/mol. The number of aromatic nitrogens is 4. The number of nitrogens with zero attached hydrogens (tertiary/aromatic N) is 3. The van der Waals surface area contributed by atoms with Gasteiger partial charge < -0.3 is 5.32 Å². The lowest BCUT2D eigenvalue weighted by Crippen LogP contribution is -2.18. The van der Waals surface area contributed by atoms with Crippen LogP contribution in [0, 0.1) is 0 Å². The molecule has 0 aliphatic rings. The summed E-state index contributed by atoms with van der Waals surface area (Å²) in [6.45, 7) is 2.08. The summed E-state index contributed by atoms with van der Waals surface area (Å²) in [5.41, 5.74) is 0.130. The summed E-state index contributed by atoms with van der Waals surface area (Å²) in [7, 11) is 0. The lowest BCUT2D eigenvalue weighted by atomic mass is 10.2. The molecule has 0 saturated heterocycles. The second-order valence-corrected chi connectivity index (χ2v) is 6.27. The van der Waals surface area contributed by atoms with Crippen LogP contribution in [0.4, 0.5) is 5.82 Å². The van der Waals surface area contributed by atoms with Gasteiger partial charge in [0.05, 0.1) is 0 Å². The Kier molecular flexibility index (Phi) is 4.75. The summed E-state index contributed by atoms with van der Waals surface area (Å²) in [4.78, 5) is 31.1. The monoisotopic (exact) mass is 389 g/mol. The van der Waals surface area contributed by atoms with Gasteiger partial charge in [0, 0.05) is 22.5 Å². The molecule has 0 spiro atoms. The topological polar surface area (TPSA) is 92.1 Å². The van der Waals surface area contributed by atoms with Crippen molar-refractivity contribution in [2.45, 2.75) is 26.2 Å². The summed E-state index contributed by atoms with van der Waals surface area (Å²) in [6, 6.07) is 8.29. The van der Waals surface area contributed by atoms with Gasteiger partial charge in [-0.05, 0) is 24.6 Å². The van der Waals surface area contributed by atoms with Crippen LogP contribution in [0.1, 0.15) is 35.9 Å². The Balaban J connectivity index is 1.94. The third kappa shape index (κ3) is 3.53. The number of hydrogen-bond acceptors (Lipinski definition) is 4. The molecule has 2 N–H and O–H groups in total. The quantitative estimate of drug-likeness (QED) is 0.701. The van der Waals surface area contributed by atoms with Crippen LogP contribution in [0.25, 0.3) is 5.78 Å². The van der Waals surface area contributed by atoms with E-state index in [2.05, 4.69) is 43.2 Å². The molecule has 0 aliphatic heterocycles. The third-order valence-electron chi connectivity index (χ3n) is 3.46. The van der Waals surface area contributed by atoms with E-state index in [1.807, 2.05) is 6.07 Å². The number of nitrogens with one attached hydrogen (secondary N) is 2. The highest BCUT2D eigenvalue weighted by Crippen LogP contribution is 2.14. The first kappa shape index (κ1) is 16.4. The van der Waals surface area contributed by atoms with Crippen LogP contribution in [0.2, 0.25) is 0 Å². The number of fused-ring (bicyclic) bond motifs is 1. The molecule has 0 radical (unpaired) electrons. The normalized spacial score (nSPS) is 10.9. The van der Waals surface area contributed by atoms with Crippen LogP contribution < -0.4 is 10.9 Å². The van der Waals surface area contributed by atoms with E-state index in [1.165, 1.54) is 10.6 Å². The van der Waals surface area contributed by atoms with Crippen molar-refractivity contribution < 1.29 is 4.79 Å². The molecule has 0 bridgehead atoms. The largest absolute Gasteiger partial charge is 0.306 e. The van der Waals surface area contributed by atoms with E-state index in [0.29, 0.717) is 17.2 Å². The summed E-state index contributed by atoms with van der Waals surface area (Å²) >= 11 is 3.33. The van der Waals surface area contributed by atoms with Gasteiger partial charge >= 0.3 is 0 Å². The number of carbonyl (C=O) groups is 1. The fraction of sp³-hybridized carbons (Fsp3) is 0.250. The number of benzene rings is 1. The van der Waals surface area contributed by atoms with Gasteiger partial charge in [0.15, 0.2) is 5.82 Å². The highest BCUT2D eigenvalue weighted by atomic mass is 79.9. The van der Waals surface area contributed by atoms with Crippen molar-refractivity contribution in [3.63, 3.8) is 0 Å². The van der Waals surface area contributed by atoms with Crippen LogP contribution in [-0.2, 0) is 6.42 Å². The Hall–Kier alpha value is -2.48. The Morgan fingerprint density at radius 1 is 1.38 bits per heavy atom. The van der Waals surface area contributed by atoms with Gasteiger partial charge in [-0.15, -0.1) is 5.10 Å². The molecule has 8 heteroatoms. The van der Waals surface area contributed by atoms with Gasteiger partial charge in [0.2, 0.25) is 5.78 Å². The average molecular weight is 390 g/mol. The van der Waals surface area contributed by atoms with E-state index >= 15 is 0 Å². The van der Waals surface area contributed by atoms with E-state index in [9.17, 15) is 9.59 Å². The number of aromatic amines is 1. The molecule has 3 aromatic rings. The van der Waals surface area contributed by atoms with Crippen molar-refractivity contribution in [3.05, 3.63) is 56.5 Å². The number of anilines is 1. The number of halogens is 1. The van der Waals surface area contributed by atoms with Gasteiger partial charge in [-0.25, -0.2) is 0 Å². The highest BCUT2D eigenvalue weighted by Gasteiger charge is 2.13. The lowest BCUT2D eigenvalue weighted by Gasteiger charge is -2.06. The number of unbranched alkanes of at least 4 members (excludes halogenated alkanes) is 1. The molecule has 0 fully saturated rings. The van der Waals surface area contributed by atoms with E-state index in [0.717, 1.165) is 23.7 Å². The first-order valence-corrected chi connectivity index (χ1v) is 8.42. The van der Waals surface area contributed by atoms with Crippen LogP contribution in [0.3, 0.4) is 0 Å². The molecular weight excluding hydrogens is 374 g/mol. The molecule has 0 aliphatic carbocycles. The standard InChI is InChI=1S/C16H16BrN5O2/c1-2-3-7-12-18-16-20-14(23)9-13(22(16)21-12)19-15(24)10-5-4-6-11(17)8-10/h4-6,8-9H,2-3,7H2,1H3,(H,19,24)(H,18,20,21,23). The summed E-state index contributed by atoms with van der Waals surface area (Å²) in [5, 5.41) is 7.09. The van der Waals surface area contributed by atoms with Crippen LogP contribution in [-0.4, -0.2) is 25.5 Å². The molecule has 0 unspecified atom stereocenters. The highest BCUT2D eigenvalue weighted by molar-refractivity contribution is 9.10. The Morgan fingerprint density at radius 2 is 2.21 bits per heavy atom. The van der Waals surface area contributed by atoms with Crippen molar-refractivity contribution in [1.82, 2.24) is 19.6 Å². The van der Waals surface area contributed by atoms with Crippen molar-refractivity contribution in [2.24, 2.45) is 0 Å². The third-order valence-corrected chi connectivity index (χ3v) is 3.96. The zero-order valence-electron chi connectivity index (χ0n) is 13.0. The minimum absolute atomic E-state index is 0.286. The van der Waals surface area contributed by atoms with E-state index in [4.69, 9.17) is 0 Å². The molecule has 1 aromatic carbocycles. The minimum atomic E-state index is -0.346. The molecule has 124 valence electrons. The van der Waals surface area contributed by atoms with Crippen LogP contribution in [0.5, 0.6) is 0 Å². The summed E-state index contributed by atoms with van der Waals surface area (Å²) < 4.78 is 2.25. The Morgan fingerprint density at radius 3 is 2.96 bits per heavy atom. The number of aryl methyl sites for hydroxylation is 1. The van der Waals surface area contributed by atoms with E-state index in [-0.39, 0.29) is 17.3 Å². The first-order chi connectivity index (χ1) is 11.6. The maximum Gasteiger partial charge on any atom is 0.256 e. The molecule has 3 rings (SSSR count). The Labute approximate surface area is 146 Å². The number of amides is 1.